The van der Waals surface area contributed by atoms with E-state index >= 15 is 0 Å². The van der Waals surface area contributed by atoms with Crippen molar-refractivity contribution in [3.8, 4) is 11.8 Å². The van der Waals surface area contributed by atoms with E-state index in [0.717, 1.165) is 38.2 Å². The monoisotopic (exact) mass is 357 g/mol. The number of ether oxygens (including phenoxy) is 1. The first kappa shape index (κ1) is 17.0. The molecule has 1 unspecified atom stereocenters. The highest BCUT2D eigenvalue weighted by atomic mass is 35.5. The molecule has 1 aliphatic carbocycles. The fourth-order valence-electron chi connectivity index (χ4n) is 3.07. The van der Waals surface area contributed by atoms with E-state index in [0.29, 0.717) is 0 Å². The first-order valence-corrected chi connectivity index (χ1v) is 8.09. The summed E-state index contributed by atoms with van der Waals surface area (Å²) in [4.78, 5) is 11.7. The van der Waals surface area contributed by atoms with Gasteiger partial charge in [-0.15, -0.1) is 0 Å². The number of carbonyl (C=O) groups excluding carboxylic acids is 1. The third kappa shape index (κ3) is 3.05. The van der Waals surface area contributed by atoms with Crippen LogP contribution in [0.2, 0.25) is 5.02 Å². The van der Waals surface area contributed by atoms with Gasteiger partial charge in [-0.1, -0.05) is 36.8 Å². The van der Waals surface area contributed by atoms with E-state index in [4.69, 9.17) is 16.3 Å². The van der Waals surface area contributed by atoms with Crippen LogP contribution in [0, 0.1) is 17.8 Å². The Morgan fingerprint density at radius 1 is 1.25 bits per heavy atom. The lowest BCUT2D eigenvalue weighted by Gasteiger charge is -2.36. The molecule has 7 heteroatoms. The van der Waals surface area contributed by atoms with Crippen molar-refractivity contribution in [3.63, 3.8) is 0 Å². The molecule has 1 amide bonds. The minimum atomic E-state index is -4.88. The van der Waals surface area contributed by atoms with Gasteiger partial charge >= 0.3 is 12.3 Å². The highest BCUT2D eigenvalue weighted by Gasteiger charge is 2.62. The van der Waals surface area contributed by atoms with Crippen molar-refractivity contribution in [2.45, 2.75) is 43.9 Å². The molecular weight excluding hydrogens is 343 g/mol. The van der Waals surface area contributed by atoms with Gasteiger partial charge in [0.1, 0.15) is 0 Å². The van der Waals surface area contributed by atoms with Gasteiger partial charge in [-0.05, 0) is 37.0 Å². The minimum absolute atomic E-state index is 0.00548. The molecule has 1 atom stereocenters. The number of hydrogen-bond acceptors (Lipinski definition) is 2. The second kappa shape index (κ2) is 6.21. The molecule has 1 aromatic carbocycles. The Hall–Kier alpha value is -1.87. The first-order valence-electron chi connectivity index (χ1n) is 7.71. The normalized spacial score (nSPS) is 24.2. The van der Waals surface area contributed by atoms with Crippen LogP contribution in [-0.2, 0) is 10.3 Å². The zero-order valence-electron chi connectivity index (χ0n) is 12.7. The van der Waals surface area contributed by atoms with Crippen LogP contribution < -0.4 is 5.32 Å². The van der Waals surface area contributed by atoms with Gasteiger partial charge in [-0.2, -0.15) is 13.2 Å². The lowest BCUT2D eigenvalue weighted by atomic mass is 9.86. The van der Waals surface area contributed by atoms with E-state index in [1.165, 1.54) is 12.1 Å². The minimum Gasteiger partial charge on any atom is -0.415 e. The second-order valence-electron chi connectivity index (χ2n) is 5.99. The van der Waals surface area contributed by atoms with Crippen molar-refractivity contribution < 1.29 is 22.7 Å². The van der Waals surface area contributed by atoms with Crippen LogP contribution in [0.4, 0.5) is 23.7 Å². The molecule has 3 rings (SSSR count). The maximum Gasteiger partial charge on any atom is 0.445 e. The van der Waals surface area contributed by atoms with Gasteiger partial charge in [-0.25, -0.2) is 4.79 Å². The summed E-state index contributed by atoms with van der Waals surface area (Å²) in [6.45, 7) is 0. The number of cyclic esters (lactones) is 1. The zero-order chi connectivity index (χ0) is 17.4. The molecule has 0 saturated heterocycles. The van der Waals surface area contributed by atoms with E-state index in [1.54, 1.807) is 0 Å². The predicted octanol–water partition coefficient (Wildman–Crippen LogP) is 5.24. The molecular formula is C17H15ClF3NO2. The number of nitrogens with one attached hydrogen (secondary N) is 1. The zero-order valence-corrected chi connectivity index (χ0v) is 13.4. The number of alkyl halides is 3. The molecule has 1 saturated carbocycles. The van der Waals surface area contributed by atoms with Crippen LogP contribution in [0.15, 0.2) is 18.2 Å². The molecule has 128 valence electrons. The standard InChI is InChI=1S/C17H15ClF3NO2/c18-12-6-7-14-13(10-12)16(17(19,20)21,24-15(23)22-14)9-8-11-4-2-1-3-5-11/h6-7,10-11H,1-5H2,(H,22,23). The third-order valence-electron chi connectivity index (χ3n) is 4.30. The quantitative estimate of drug-likeness (QED) is 0.644. The van der Waals surface area contributed by atoms with Crippen LogP contribution >= 0.6 is 11.6 Å². The Bertz CT molecular complexity index is 717. The van der Waals surface area contributed by atoms with Gasteiger partial charge < -0.3 is 4.74 Å². The van der Waals surface area contributed by atoms with Crippen LogP contribution in [0.5, 0.6) is 0 Å². The largest absolute Gasteiger partial charge is 0.445 e. The first-order chi connectivity index (χ1) is 11.3. The fraction of sp³-hybridized carbons (Fsp3) is 0.471. The summed E-state index contributed by atoms with van der Waals surface area (Å²) < 4.78 is 46.4. The Balaban J connectivity index is 2.12. The Kier molecular flexibility index (Phi) is 4.39. The van der Waals surface area contributed by atoms with E-state index in [1.807, 2.05) is 0 Å². The lowest BCUT2D eigenvalue weighted by molar-refractivity contribution is -0.239. The maximum atomic E-state index is 13.9. The van der Waals surface area contributed by atoms with E-state index in [-0.39, 0.29) is 22.2 Å². The SMILES string of the molecule is O=C1Nc2ccc(Cl)cc2C(C#CC2CCCCC2)(C(F)(F)F)O1. The van der Waals surface area contributed by atoms with Crippen molar-refractivity contribution in [2.24, 2.45) is 5.92 Å². The summed E-state index contributed by atoms with van der Waals surface area (Å²) in [6, 6.07) is 3.86. The van der Waals surface area contributed by atoms with Crippen LogP contribution in [0.1, 0.15) is 37.7 Å². The van der Waals surface area contributed by atoms with Crippen molar-refractivity contribution in [3.05, 3.63) is 28.8 Å². The Labute approximate surface area is 142 Å². The number of halogens is 4. The Morgan fingerprint density at radius 2 is 1.96 bits per heavy atom. The highest BCUT2D eigenvalue weighted by molar-refractivity contribution is 6.30. The van der Waals surface area contributed by atoms with Gasteiger partial charge in [0.2, 0.25) is 0 Å². The molecule has 3 nitrogen and oxygen atoms in total. The molecule has 0 bridgehead atoms. The van der Waals surface area contributed by atoms with Crippen molar-refractivity contribution in [2.75, 3.05) is 5.32 Å². The molecule has 1 aliphatic heterocycles. The number of anilines is 1. The fourth-order valence-corrected chi connectivity index (χ4v) is 3.24. The summed E-state index contributed by atoms with van der Waals surface area (Å²) in [6.07, 6.45) is -1.58. The summed E-state index contributed by atoms with van der Waals surface area (Å²) in [5.41, 5.74) is -3.27. The number of rotatable bonds is 0. The van der Waals surface area contributed by atoms with Gasteiger partial charge in [-0.3, -0.25) is 5.32 Å². The van der Waals surface area contributed by atoms with E-state index in [9.17, 15) is 18.0 Å². The smallest absolute Gasteiger partial charge is 0.415 e. The third-order valence-corrected chi connectivity index (χ3v) is 4.54. The van der Waals surface area contributed by atoms with Crippen LogP contribution in [-0.4, -0.2) is 12.3 Å². The number of amides is 1. The number of hydrogen-bond donors (Lipinski definition) is 1. The molecule has 0 radical (unpaired) electrons. The molecule has 24 heavy (non-hydrogen) atoms. The van der Waals surface area contributed by atoms with E-state index in [2.05, 4.69) is 17.2 Å². The number of fused-ring (bicyclic) bond motifs is 1. The van der Waals surface area contributed by atoms with E-state index < -0.39 is 17.9 Å². The molecule has 1 fully saturated rings. The van der Waals surface area contributed by atoms with Gasteiger partial charge in [0, 0.05) is 16.5 Å². The van der Waals surface area contributed by atoms with Gasteiger partial charge in [0.25, 0.3) is 5.60 Å². The highest BCUT2D eigenvalue weighted by Crippen LogP contribution is 2.48. The van der Waals surface area contributed by atoms with Gasteiger partial charge in [0.05, 0.1) is 5.69 Å². The number of carbonyl (C=O) groups is 1. The van der Waals surface area contributed by atoms with Crippen LogP contribution in [0.3, 0.4) is 0 Å². The second-order valence-corrected chi connectivity index (χ2v) is 6.42. The average molecular weight is 358 g/mol. The topological polar surface area (TPSA) is 38.3 Å². The molecule has 1 aromatic rings. The summed E-state index contributed by atoms with van der Waals surface area (Å²) >= 11 is 5.86. The summed E-state index contributed by atoms with van der Waals surface area (Å²) in [7, 11) is 0. The van der Waals surface area contributed by atoms with Crippen molar-refractivity contribution >= 4 is 23.4 Å². The van der Waals surface area contributed by atoms with Crippen molar-refractivity contribution in [1.29, 1.82) is 0 Å². The molecule has 0 spiro atoms. The molecule has 0 aromatic heterocycles. The lowest BCUT2D eigenvalue weighted by Crippen LogP contribution is -2.49. The van der Waals surface area contributed by atoms with Gasteiger partial charge in [0.15, 0.2) is 0 Å². The predicted molar refractivity (Wildman–Crippen MR) is 83.6 cm³/mol. The molecule has 2 aliphatic rings. The van der Waals surface area contributed by atoms with Crippen LogP contribution in [0.25, 0.3) is 0 Å². The van der Waals surface area contributed by atoms with Crippen molar-refractivity contribution in [1.82, 2.24) is 0 Å². The summed E-state index contributed by atoms with van der Waals surface area (Å²) in [5.74, 6) is 4.83. The maximum absolute atomic E-state index is 13.9. The molecule has 1 N–H and O–H groups in total. The summed E-state index contributed by atoms with van der Waals surface area (Å²) in [5, 5.41) is 2.38. The Morgan fingerprint density at radius 3 is 2.62 bits per heavy atom. The molecule has 1 heterocycles. The average Bonchev–Trinajstić information content (AvgIpc) is 2.53. The number of benzene rings is 1.